The molecule has 1 unspecified atom stereocenters. The topological polar surface area (TPSA) is 29.1 Å². The Labute approximate surface area is 122 Å². The molecule has 0 aliphatic rings. The molecular formula is C16H16FNOS. The Morgan fingerprint density at radius 2 is 1.90 bits per heavy atom. The molecule has 1 atom stereocenters. The first-order valence-corrected chi connectivity index (χ1v) is 7.23. The zero-order valence-electron chi connectivity index (χ0n) is 11.4. The highest BCUT2D eigenvalue weighted by Gasteiger charge is 2.15. The van der Waals surface area contributed by atoms with Gasteiger partial charge in [-0.05, 0) is 43.7 Å². The molecule has 20 heavy (non-hydrogen) atoms. The van der Waals surface area contributed by atoms with Crippen molar-refractivity contribution in [2.45, 2.75) is 24.0 Å². The molecular weight excluding hydrogens is 273 g/mol. The van der Waals surface area contributed by atoms with Gasteiger partial charge in [0.15, 0.2) is 0 Å². The minimum absolute atomic E-state index is 0.207. The van der Waals surface area contributed by atoms with Gasteiger partial charge in [-0.2, -0.15) is 0 Å². The van der Waals surface area contributed by atoms with Crippen LogP contribution in [0.4, 0.5) is 10.1 Å². The third-order valence-electron chi connectivity index (χ3n) is 2.81. The highest BCUT2D eigenvalue weighted by Crippen LogP contribution is 2.24. The van der Waals surface area contributed by atoms with Crippen LogP contribution in [-0.2, 0) is 4.79 Å². The molecule has 0 aromatic heterocycles. The number of benzene rings is 2. The standard InChI is InChI=1S/C16H16FNOS/c1-11-8-9-15(14(17)10-11)18-16(19)12(2)20-13-6-4-3-5-7-13/h3-10,12H,1-2H3,(H,18,19). The van der Waals surface area contributed by atoms with Crippen LogP contribution in [0.25, 0.3) is 0 Å². The van der Waals surface area contributed by atoms with E-state index < -0.39 is 5.82 Å². The third kappa shape index (κ3) is 3.84. The second-order valence-corrected chi connectivity index (χ2v) is 5.96. The Bertz CT molecular complexity index is 601. The molecule has 2 aromatic carbocycles. The minimum Gasteiger partial charge on any atom is -0.323 e. The van der Waals surface area contributed by atoms with Crippen LogP contribution in [0.5, 0.6) is 0 Å². The van der Waals surface area contributed by atoms with Gasteiger partial charge in [0.1, 0.15) is 5.82 Å². The lowest BCUT2D eigenvalue weighted by atomic mass is 10.2. The normalized spacial score (nSPS) is 11.9. The van der Waals surface area contributed by atoms with E-state index in [4.69, 9.17) is 0 Å². The summed E-state index contributed by atoms with van der Waals surface area (Å²) in [7, 11) is 0. The van der Waals surface area contributed by atoms with Gasteiger partial charge in [-0.3, -0.25) is 4.79 Å². The van der Waals surface area contributed by atoms with E-state index in [0.29, 0.717) is 0 Å². The molecule has 0 heterocycles. The van der Waals surface area contributed by atoms with Gasteiger partial charge in [0.2, 0.25) is 5.91 Å². The lowest BCUT2D eigenvalue weighted by Crippen LogP contribution is -2.22. The largest absolute Gasteiger partial charge is 0.323 e. The number of hydrogen-bond donors (Lipinski definition) is 1. The molecule has 2 nitrogen and oxygen atoms in total. The Hall–Kier alpha value is -1.81. The maximum Gasteiger partial charge on any atom is 0.237 e. The first kappa shape index (κ1) is 14.6. The molecule has 0 aliphatic heterocycles. The maximum absolute atomic E-state index is 13.7. The third-order valence-corrected chi connectivity index (χ3v) is 3.92. The van der Waals surface area contributed by atoms with Gasteiger partial charge in [0.05, 0.1) is 10.9 Å². The Kier molecular flexibility index (Phi) is 4.79. The van der Waals surface area contributed by atoms with Crippen LogP contribution in [0.3, 0.4) is 0 Å². The van der Waals surface area contributed by atoms with Gasteiger partial charge in [0.25, 0.3) is 0 Å². The predicted octanol–water partition coefficient (Wildman–Crippen LogP) is 4.25. The first-order chi connectivity index (χ1) is 9.56. The number of carbonyl (C=O) groups excluding carboxylic acids is 1. The van der Waals surface area contributed by atoms with Crippen LogP contribution in [0.2, 0.25) is 0 Å². The fourth-order valence-electron chi connectivity index (χ4n) is 1.71. The summed E-state index contributed by atoms with van der Waals surface area (Å²) in [5.41, 5.74) is 1.05. The van der Waals surface area contributed by atoms with Gasteiger partial charge in [0, 0.05) is 4.90 Å². The molecule has 4 heteroatoms. The van der Waals surface area contributed by atoms with Crippen molar-refractivity contribution in [1.82, 2.24) is 0 Å². The number of thioether (sulfide) groups is 1. The smallest absolute Gasteiger partial charge is 0.237 e. The highest BCUT2D eigenvalue weighted by molar-refractivity contribution is 8.00. The number of amides is 1. The van der Waals surface area contributed by atoms with Crippen LogP contribution >= 0.6 is 11.8 Å². The maximum atomic E-state index is 13.7. The summed E-state index contributed by atoms with van der Waals surface area (Å²) in [5, 5.41) is 2.33. The average Bonchev–Trinajstić information content (AvgIpc) is 2.43. The van der Waals surface area contributed by atoms with Crippen LogP contribution < -0.4 is 5.32 Å². The molecule has 1 N–H and O–H groups in total. The summed E-state index contributed by atoms with van der Waals surface area (Å²) in [6.07, 6.45) is 0. The van der Waals surface area contributed by atoms with Gasteiger partial charge < -0.3 is 5.32 Å². The molecule has 0 saturated carbocycles. The lowest BCUT2D eigenvalue weighted by Gasteiger charge is -2.12. The molecule has 0 bridgehead atoms. The number of anilines is 1. The molecule has 0 aliphatic carbocycles. The Morgan fingerprint density at radius 3 is 2.55 bits per heavy atom. The predicted molar refractivity (Wildman–Crippen MR) is 81.5 cm³/mol. The van der Waals surface area contributed by atoms with Gasteiger partial charge in [-0.15, -0.1) is 11.8 Å². The number of rotatable bonds is 4. The molecule has 2 aromatic rings. The van der Waals surface area contributed by atoms with Crippen molar-refractivity contribution in [2.24, 2.45) is 0 Å². The Morgan fingerprint density at radius 1 is 1.20 bits per heavy atom. The molecule has 0 fully saturated rings. The summed E-state index contributed by atoms with van der Waals surface area (Å²) in [6, 6.07) is 14.4. The average molecular weight is 289 g/mol. The highest BCUT2D eigenvalue weighted by atomic mass is 32.2. The van der Waals surface area contributed by atoms with Crippen LogP contribution in [0.15, 0.2) is 53.4 Å². The van der Waals surface area contributed by atoms with Crippen molar-refractivity contribution in [3.05, 3.63) is 59.9 Å². The van der Waals surface area contributed by atoms with Crippen LogP contribution in [-0.4, -0.2) is 11.2 Å². The second-order valence-electron chi connectivity index (χ2n) is 4.55. The van der Waals surface area contributed by atoms with Crippen molar-refractivity contribution < 1.29 is 9.18 Å². The van der Waals surface area contributed by atoms with E-state index in [1.165, 1.54) is 17.8 Å². The van der Waals surface area contributed by atoms with Crippen molar-refractivity contribution in [2.75, 3.05) is 5.32 Å². The van der Waals surface area contributed by atoms with E-state index in [1.807, 2.05) is 37.3 Å². The van der Waals surface area contributed by atoms with Gasteiger partial charge in [-0.25, -0.2) is 4.39 Å². The number of nitrogens with one attached hydrogen (secondary N) is 1. The summed E-state index contributed by atoms with van der Waals surface area (Å²) >= 11 is 1.45. The van der Waals surface area contributed by atoms with Crippen molar-refractivity contribution in [3.8, 4) is 0 Å². The fraction of sp³-hybridized carbons (Fsp3) is 0.188. The van der Waals surface area contributed by atoms with E-state index in [2.05, 4.69) is 5.32 Å². The van der Waals surface area contributed by atoms with Crippen LogP contribution in [0.1, 0.15) is 12.5 Å². The van der Waals surface area contributed by atoms with Crippen molar-refractivity contribution >= 4 is 23.4 Å². The SMILES string of the molecule is Cc1ccc(NC(=O)C(C)Sc2ccccc2)c(F)c1. The summed E-state index contributed by atoms with van der Waals surface area (Å²) in [4.78, 5) is 13.1. The molecule has 2 rings (SSSR count). The van der Waals surface area contributed by atoms with Crippen molar-refractivity contribution in [3.63, 3.8) is 0 Å². The van der Waals surface area contributed by atoms with E-state index >= 15 is 0 Å². The monoisotopic (exact) mass is 289 g/mol. The summed E-state index contributed by atoms with van der Waals surface area (Å²) in [5.74, 6) is -0.614. The molecule has 1 amide bonds. The zero-order valence-corrected chi connectivity index (χ0v) is 12.2. The Balaban J connectivity index is 2.01. The van der Waals surface area contributed by atoms with Crippen LogP contribution in [0, 0.1) is 12.7 Å². The minimum atomic E-state index is -0.407. The number of halogens is 1. The number of hydrogen-bond acceptors (Lipinski definition) is 2. The summed E-state index contributed by atoms with van der Waals surface area (Å²) in [6.45, 7) is 3.61. The zero-order chi connectivity index (χ0) is 14.5. The van der Waals surface area contributed by atoms with Crippen molar-refractivity contribution in [1.29, 1.82) is 0 Å². The second kappa shape index (κ2) is 6.57. The van der Waals surface area contributed by atoms with Gasteiger partial charge in [-0.1, -0.05) is 24.3 Å². The van der Waals surface area contributed by atoms with E-state index in [-0.39, 0.29) is 16.8 Å². The molecule has 0 saturated heterocycles. The number of aryl methyl sites for hydroxylation is 1. The van der Waals surface area contributed by atoms with E-state index in [1.54, 1.807) is 19.1 Å². The number of carbonyl (C=O) groups is 1. The quantitative estimate of drug-likeness (QED) is 0.852. The molecule has 104 valence electrons. The van der Waals surface area contributed by atoms with E-state index in [9.17, 15) is 9.18 Å². The fourth-order valence-corrected chi connectivity index (χ4v) is 2.60. The van der Waals surface area contributed by atoms with Gasteiger partial charge >= 0.3 is 0 Å². The molecule has 0 radical (unpaired) electrons. The molecule has 0 spiro atoms. The summed E-state index contributed by atoms with van der Waals surface area (Å²) < 4.78 is 13.7. The first-order valence-electron chi connectivity index (χ1n) is 6.35. The lowest BCUT2D eigenvalue weighted by molar-refractivity contribution is -0.115. The van der Waals surface area contributed by atoms with E-state index in [0.717, 1.165) is 10.5 Å².